The Bertz CT molecular complexity index is 1570. The SMILES string of the molecule is COc1ccc(C(=O)CS[C@H]2C(=O)N(c3ccc(F)cc3)[C@@H]2c2ccc(OCC(=O)NCC(=O)CC(C)[C@@H](N)C(=O)O)cc2)cc1. The van der Waals surface area contributed by atoms with E-state index in [4.69, 9.17) is 20.3 Å². The molecule has 1 aliphatic rings. The van der Waals surface area contributed by atoms with Gasteiger partial charge in [-0.05, 0) is 72.1 Å². The number of benzene rings is 3. The third-order valence-corrected chi connectivity index (χ3v) is 8.73. The first-order chi connectivity index (χ1) is 22.0. The summed E-state index contributed by atoms with van der Waals surface area (Å²) in [6.45, 7) is 0.895. The number of hydrogen-bond donors (Lipinski definition) is 3. The van der Waals surface area contributed by atoms with Gasteiger partial charge in [-0.15, -0.1) is 11.8 Å². The maximum Gasteiger partial charge on any atom is 0.320 e. The number of rotatable bonds is 16. The van der Waals surface area contributed by atoms with Crippen LogP contribution in [0.4, 0.5) is 10.1 Å². The molecule has 0 aliphatic carbocycles. The summed E-state index contributed by atoms with van der Waals surface area (Å²) in [6.07, 6.45) is -0.0937. The molecule has 0 bridgehead atoms. The van der Waals surface area contributed by atoms with E-state index >= 15 is 0 Å². The van der Waals surface area contributed by atoms with E-state index in [9.17, 15) is 28.4 Å². The van der Waals surface area contributed by atoms with Gasteiger partial charge in [0.25, 0.3) is 5.91 Å². The lowest BCUT2D eigenvalue weighted by molar-refractivity contribution is -0.140. The third kappa shape index (κ3) is 8.49. The van der Waals surface area contributed by atoms with Crippen molar-refractivity contribution in [3.05, 3.63) is 89.7 Å². The highest BCUT2D eigenvalue weighted by Crippen LogP contribution is 2.45. The Balaban J connectivity index is 1.37. The van der Waals surface area contributed by atoms with Crippen LogP contribution < -0.4 is 25.4 Å². The fraction of sp³-hybridized carbons (Fsp3) is 0.303. The number of anilines is 1. The molecule has 1 fully saturated rings. The topological polar surface area (TPSA) is 165 Å². The molecule has 2 amide bonds. The number of amides is 2. The number of Topliss-reactive ketones (excluding diaryl/α,β-unsaturated/α-hetero) is 2. The first-order valence-electron chi connectivity index (χ1n) is 14.4. The van der Waals surface area contributed by atoms with Crippen LogP contribution in [0.25, 0.3) is 0 Å². The molecule has 242 valence electrons. The molecule has 4 rings (SSSR count). The van der Waals surface area contributed by atoms with E-state index in [2.05, 4.69) is 5.32 Å². The molecule has 0 saturated carbocycles. The summed E-state index contributed by atoms with van der Waals surface area (Å²) < 4.78 is 24.3. The lowest BCUT2D eigenvalue weighted by Gasteiger charge is -2.47. The van der Waals surface area contributed by atoms with Crippen LogP contribution in [0.2, 0.25) is 0 Å². The van der Waals surface area contributed by atoms with E-state index in [0.717, 1.165) is 5.56 Å². The molecule has 11 nitrogen and oxygen atoms in total. The Morgan fingerprint density at radius 2 is 1.63 bits per heavy atom. The Labute approximate surface area is 269 Å². The van der Waals surface area contributed by atoms with Crippen LogP contribution in [-0.2, 0) is 19.2 Å². The maximum atomic E-state index is 13.6. The molecule has 4 atom stereocenters. The number of nitrogens with two attached hydrogens (primary N) is 1. The standard InChI is InChI=1S/C33H34FN3O8S/c1-19(29(35)33(42)43)15-24(38)16-36-28(40)17-45-26-13-5-21(6-14-26)30-31(32(41)37(30)23-9-7-22(34)8-10-23)46-18-27(39)20-3-11-25(44-2)12-4-20/h3-14,19,29-31H,15-18,35H2,1-2H3,(H,36,40)(H,42,43)/t19?,29-,30-,31-/m1/s1. The van der Waals surface area contributed by atoms with Gasteiger partial charge < -0.3 is 30.5 Å². The molecule has 46 heavy (non-hydrogen) atoms. The van der Waals surface area contributed by atoms with Crippen molar-refractivity contribution in [2.45, 2.75) is 30.7 Å². The number of nitrogens with one attached hydrogen (secondary N) is 1. The Kier molecular flexibility index (Phi) is 11.5. The van der Waals surface area contributed by atoms with Crippen LogP contribution in [0.1, 0.15) is 35.3 Å². The minimum Gasteiger partial charge on any atom is -0.497 e. The van der Waals surface area contributed by atoms with Crippen molar-refractivity contribution in [3.63, 3.8) is 0 Å². The number of halogens is 1. The summed E-state index contributed by atoms with van der Waals surface area (Å²) in [5.74, 6) is -2.42. The number of nitrogens with zero attached hydrogens (tertiary/aromatic N) is 1. The predicted molar refractivity (Wildman–Crippen MR) is 170 cm³/mol. The van der Waals surface area contributed by atoms with Crippen LogP contribution in [-0.4, -0.2) is 71.8 Å². The van der Waals surface area contributed by atoms with Gasteiger partial charge in [0, 0.05) is 17.7 Å². The molecule has 1 unspecified atom stereocenters. The lowest BCUT2D eigenvalue weighted by Crippen LogP contribution is -2.57. The van der Waals surface area contributed by atoms with E-state index in [-0.39, 0.29) is 42.8 Å². The number of carboxylic acid groups (broad SMARTS) is 1. The number of carbonyl (C=O) groups excluding carboxylic acids is 4. The first-order valence-corrected chi connectivity index (χ1v) is 15.4. The van der Waals surface area contributed by atoms with Crippen LogP contribution in [0.15, 0.2) is 72.8 Å². The van der Waals surface area contributed by atoms with E-state index in [1.807, 2.05) is 0 Å². The molecule has 1 aliphatic heterocycles. The van der Waals surface area contributed by atoms with Gasteiger partial charge in [-0.3, -0.25) is 24.0 Å². The predicted octanol–water partition coefficient (Wildman–Crippen LogP) is 3.41. The zero-order valence-corrected chi connectivity index (χ0v) is 26.0. The maximum absolute atomic E-state index is 13.6. The summed E-state index contributed by atoms with van der Waals surface area (Å²) in [6, 6.07) is 17.4. The second-order valence-corrected chi connectivity index (χ2v) is 11.9. The Hall–Kier alpha value is -4.75. The highest BCUT2D eigenvalue weighted by atomic mass is 32.2. The number of methoxy groups -OCH3 is 1. The molecule has 1 heterocycles. The highest BCUT2D eigenvalue weighted by molar-refractivity contribution is 8.01. The normalized spacial score (nSPS) is 17.0. The van der Waals surface area contributed by atoms with Crippen LogP contribution in [0.3, 0.4) is 0 Å². The first kappa shape index (κ1) is 34.1. The van der Waals surface area contributed by atoms with Gasteiger partial charge in [0.2, 0.25) is 5.91 Å². The Morgan fingerprint density at radius 3 is 2.24 bits per heavy atom. The van der Waals surface area contributed by atoms with E-state index in [1.54, 1.807) is 60.4 Å². The zero-order valence-electron chi connectivity index (χ0n) is 25.2. The summed E-state index contributed by atoms with van der Waals surface area (Å²) in [4.78, 5) is 63.0. The average molecular weight is 652 g/mol. The number of hydrogen-bond acceptors (Lipinski definition) is 9. The molecule has 13 heteroatoms. The van der Waals surface area contributed by atoms with Crippen molar-refractivity contribution in [1.82, 2.24) is 5.32 Å². The number of carbonyl (C=O) groups is 5. The molecular weight excluding hydrogens is 617 g/mol. The van der Waals surface area contributed by atoms with Gasteiger partial charge in [-0.25, -0.2) is 4.39 Å². The van der Waals surface area contributed by atoms with Crippen LogP contribution in [0, 0.1) is 11.7 Å². The summed E-state index contributed by atoms with van der Waals surface area (Å²) >= 11 is 1.23. The molecule has 0 spiro atoms. The van der Waals surface area contributed by atoms with Gasteiger partial charge in [0.1, 0.15) is 28.6 Å². The fourth-order valence-electron chi connectivity index (χ4n) is 4.82. The van der Waals surface area contributed by atoms with Crippen molar-refractivity contribution in [1.29, 1.82) is 0 Å². The fourth-order valence-corrected chi connectivity index (χ4v) is 6.04. The van der Waals surface area contributed by atoms with E-state index in [1.165, 1.54) is 43.1 Å². The number of β-lactam (4-membered cyclic amide) rings is 1. The van der Waals surface area contributed by atoms with Crippen molar-refractivity contribution in [2.75, 3.05) is 30.9 Å². The monoisotopic (exact) mass is 651 g/mol. The largest absolute Gasteiger partial charge is 0.497 e. The molecule has 1 saturated heterocycles. The van der Waals surface area contributed by atoms with Crippen molar-refractivity contribution >= 4 is 46.8 Å². The summed E-state index contributed by atoms with van der Waals surface area (Å²) in [5, 5.41) is 10.8. The third-order valence-electron chi connectivity index (χ3n) is 7.48. The van der Waals surface area contributed by atoms with Gasteiger partial charge >= 0.3 is 5.97 Å². The van der Waals surface area contributed by atoms with Gasteiger partial charge in [0.15, 0.2) is 18.2 Å². The van der Waals surface area contributed by atoms with Gasteiger partial charge in [-0.2, -0.15) is 0 Å². The number of ether oxygens (including phenoxy) is 2. The quantitative estimate of drug-likeness (QED) is 0.154. The van der Waals surface area contributed by atoms with Crippen LogP contribution >= 0.6 is 11.8 Å². The van der Waals surface area contributed by atoms with Crippen molar-refractivity contribution in [3.8, 4) is 11.5 Å². The minimum absolute atomic E-state index is 0.0700. The smallest absolute Gasteiger partial charge is 0.320 e. The van der Waals surface area contributed by atoms with Gasteiger partial charge in [0.05, 0.1) is 25.4 Å². The van der Waals surface area contributed by atoms with E-state index < -0.39 is 40.9 Å². The van der Waals surface area contributed by atoms with Crippen LogP contribution in [0.5, 0.6) is 11.5 Å². The highest BCUT2D eigenvalue weighted by Gasteiger charge is 2.49. The average Bonchev–Trinajstić information content (AvgIpc) is 3.05. The number of carboxylic acids is 1. The zero-order chi connectivity index (χ0) is 33.4. The second kappa shape index (κ2) is 15.5. The summed E-state index contributed by atoms with van der Waals surface area (Å²) in [7, 11) is 1.54. The minimum atomic E-state index is -1.20. The molecular formula is C33H34FN3O8S. The lowest BCUT2D eigenvalue weighted by atomic mass is 9.92. The Morgan fingerprint density at radius 1 is 1.00 bits per heavy atom. The van der Waals surface area contributed by atoms with Crippen molar-refractivity contribution in [2.24, 2.45) is 11.7 Å². The number of aliphatic carboxylic acids is 1. The summed E-state index contributed by atoms with van der Waals surface area (Å²) in [5.41, 5.74) is 7.28. The molecule has 0 aromatic heterocycles. The molecule has 3 aromatic rings. The molecule has 4 N–H and O–H groups in total. The number of ketones is 2. The van der Waals surface area contributed by atoms with E-state index in [0.29, 0.717) is 22.7 Å². The van der Waals surface area contributed by atoms with Crippen molar-refractivity contribution < 1.29 is 42.9 Å². The number of thioether (sulfide) groups is 1. The molecule has 3 aromatic carbocycles. The second-order valence-electron chi connectivity index (χ2n) is 10.7. The molecule has 0 radical (unpaired) electrons. The van der Waals surface area contributed by atoms with Gasteiger partial charge in [-0.1, -0.05) is 19.1 Å².